The highest BCUT2D eigenvalue weighted by Crippen LogP contribution is 2.35. The maximum atomic E-state index is 12.1. The third-order valence-corrected chi connectivity index (χ3v) is 4.22. The monoisotopic (exact) mass is 355 g/mol. The molecule has 1 aromatic carbocycles. The first-order valence-electron chi connectivity index (χ1n) is 8.02. The molecule has 2 rings (SSSR count). The summed E-state index contributed by atoms with van der Waals surface area (Å²) in [7, 11) is 0. The molecule has 0 aliphatic carbocycles. The quantitative estimate of drug-likeness (QED) is 0.707. The van der Waals surface area contributed by atoms with Crippen molar-refractivity contribution in [2.75, 3.05) is 19.6 Å². The number of rotatable bonds is 5. The first-order valence-corrected chi connectivity index (χ1v) is 8.78. The molecular weight excluding hydrogens is 333 g/mol. The zero-order valence-corrected chi connectivity index (χ0v) is 15.4. The minimum absolute atomic E-state index is 0.00303. The zero-order valence-electron chi connectivity index (χ0n) is 13.9. The van der Waals surface area contributed by atoms with Crippen molar-refractivity contribution in [3.63, 3.8) is 0 Å². The summed E-state index contributed by atoms with van der Waals surface area (Å²) in [4.78, 5) is 14.4. The van der Waals surface area contributed by atoms with Crippen molar-refractivity contribution in [2.45, 2.75) is 39.7 Å². The summed E-state index contributed by atoms with van der Waals surface area (Å²) >= 11 is 12.6. The van der Waals surface area contributed by atoms with Crippen molar-refractivity contribution >= 4 is 35.1 Å². The average Bonchev–Trinajstić information content (AvgIpc) is 2.46. The zero-order chi connectivity index (χ0) is 17.0. The van der Waals surface area contributed by atoms with E-state index in [0.717, 1.165) is 30.6 Å². The minimum atomic E-state index is -0.00303. The molecule has 5 heteroatoms. The van der Waals surface area contributed by atoms with E-state index in [2.05, 4.69) is 11.8 Å². The molecule has 0 radical (unpaired) electrons. The molecule has 0 N–H and O–H groups in total. The fraction of sp³-hybridized carbons (Fsp3) is 0.500. The van der Waals surface area contributed by atoms with Gasteiger partial charge in [0.05, 0.1) is 16.1 Å². The number of nitrogens with zero attached hydrogens (tertiary/aromatic N) is 1. The fourth-order valence-electron chi connectivity index (χ4n) is 2.67. The normalized spacial score (nSPS) is 18.0. The van der Waals surface area contributed by atoms with Gasteiger partial charge in [0.25, 0.3) is 0 Å². The van der Waals surface area contributed by atoms with Gasteiger partial charge in [0.15, 0.2) is 11.5 Å². The minimum Gasteiger partial charge on any atom is -0.488 e. The van der Waals surface area contributed by atoms with Gasteiger partial charge in [0.2, 0.25) is 0 Å². The SMILES string of the molecule is CCCN1CCC(=O)/C(=C/c2cc(Cl)c(OC(C)C)c(Cl)c2)C1. The highest BCUT2D eigenvalue weighted by Gasteiger charge is 2.21. The molecule has 3 nitrogen and oxygen atoms in total. The molecule has 0 aromatic heterocycles. The summed E-state index contributed by atoms with van der Waals surface area (Å²) in [5.74, 6) is 0.695. The van der Waals surface area contributed by atoms with Crippen LogP contribution in [-0.4, -0.2) is 36.4 Å². The van der Waals surface area contributed by atoms with Crippen LogP contribution in [0.3, 0.4) is 0 Å². The van der Waals surface area contributed by atoms with E-state index in [4.69, 9.17) is 27.9 Å². The molecule has 1 aliphatic heterocycles. The van der Waals surface area contributed by atoms with Crippen molar-refractivity contribution in [1.29, 1.82) is 0 Å². The topological polar surface area (TPSA) is 29.5 Å². The van der Waals surface area contributed by atoms with Gasteiger partial charge >= 0.3 is 0 Å². The van der Waals surface area contributed by atoms with Crippen LogP contribution in [0.5, 0.6) is 5.75 Å². The molecule has 0 saturated carbocycles. The van der Waals surface area contributed by atoms with Crippen molar-refractivity contribution in [3.05, 3.63) is 33.3 Å². The van der Waals surface area contributed by atoms with E-state index in [1.54, 1.807) is 12.1 Å². The van der Waals surface area contributed by atoms with Crippen LogP contribution >= 0.6 is 23.2 Å². The van der Waals surface area contributed by atoms with Gasteiger partial charge in [0.1, 0.15) is 0 Å². The second-order valence-corrected chi connectivity index (χ2v) is 6.91. The van der Waals surface area contributed by atoms with Gasteiger partial charge in [-0.2, -0.15) is 0 Å². The number of benzene rings is 1. The Hall–Kier alpha value is -1.03. The third kappa shape index (κ3) is 4.97. The number of hydrogen-bond acceptors (Lipinski definition) is 3. The van der Waals surface area contributed by atoms with Crippen LogP contribution in [0, 0.1) is 0 Å². The summed E-state index contributed by atoms with van der Waals surface area (Å²) in [5, 5.41) is 0.929. The summed E-state index contributed by atoms with van der Waals surface area (Å²) in [5.41, 5.74) is 1.65. The van der Waals surface area contributed by atoms with Crippen LogP contribution < -0.4 is 4.74 Å². The van der Waals surface area contributed by atoms with Gasteiger partial charge < -0.3 is 4.74 Å². The van der Waals surface area contributed by atoms with Crippen LogP contribution in [0.4, 0.5) is 0 Å². The molecule has 0 atom stereocenters. The lowest BCUT2D eigenvalue weighted by atomic mass is 10.00. The Balaban J connectivity index is 2.25. The first kappa shape index (κ1) is 18.3. The molecule has 1 aliphatic rings. The highest BCUT2D eigenvalue weighted by molar-refractivity contribution is 6.37. The van der Waals surface area contributed by atoms with Gasteiger partial charge in [-0.25, -0.2) is 0 Å². The summed E-state index contributed by atoms with van der Waals surface area (Å²) in [6.07, 6.45) is 3.54. The Morgan fingerprint density at radius 1 is 1.30 bits per heavy atom. The molecule has 0 spiro atoms. The van der Waals surface area contributed by atoms with Crippen molar-refractivity contribution in [2.24, 2.45) is 0 Å². The van der Waals surface area contributed by atoms with E-state index in [1.165, 1.54) is 0 Å². The lowest BCUT2D eigenvalue weighted by Crippen LogP contribution is -2.36. The van der Waals surface area contributed by atoms with E-state index in [1.807, 2.05) is 19.9 Å². The van der Waals surface area contributed by atoms with E-state index >= 15 is 0 Å². The Labute approximate surface area is 148 Å². The molecule has 23 heavy (non-hydrogen) atoms. The smallest absolute Gasteiger partial charge is 0.161 e. The molecule has 0 unspecified atom stereocenters. The molecule has 1 aromatic rings. The number of likely N-dealkylation sites (tertiary alicyclic amines) is 1. The predicted molar refractivity (Wildman–Crippen MR) is 96.6 cm³/mol. The molecule has 1 heterocycles. The number of Topliss-reactive ketones (excluding diaryl/α,β-unsaturated/α-hetero) is 1. The van der Waals surface area contributed by atoms with Gasteiger partial charge in [0, 0.05) is 25.1 Å². The molecule has 0 bridgehead atoms. The highest BCUT2D eigenvalue weighted by atomic mass is 35.5. The predicted octanol–water partition coefficient (Wildman–Crippen LogP) is 4.85. The summed E-state index contributed by atoms with van der Waals surface area (Å²) in [6.45, 7) is 8.52. The van der Waals surface area contributed by atoms with Gasteiger partial charge in [-0.3, -0.25) is 9.69 Å². The number of hydrogen-bond donors (Lipinski definition) is 0. The van der Waals surface area contributed by atoms with E-state index < -0.39 is 0 Å². The largest absolute Gasteiger partial charge is 0.488 e. The Bertz CT molecular complexity index is 588. The number of carbonyl (C=O) groups is 1. The van der Waals surface area contributed by atoms with Crippen molar-refractivity contribution < 1.29 is 9.53 Å². The van der Waals surface area contributed by atoms with Crippen LogP contribution in [0.1, 0.15) is 39.2 Å². The number of carbonyl (C=O) groups excluding carboxylic acids is 1. The molecule has 0 amide bonds. The molecule has 1 fully saturated rings. The first-order chi connectivity index (χ1) is 10.9. The lowest BCUT2D eigenvalue weighted by molar-refractivity contribution is -0.117. The van der Waals surface area contributed by atoms with Gasteiger partial charge in [-0.15, -0.1) is 0 Å². The van der Waals surface area contributed by atoms with Crippen LogP contribution in [0.2, 0.25) is 10.0 Å². The number of piperidine rings is 1. The average molecular weight is 356 g/mol. The van der Waals surface area contributed by atoms with Gasteiger partial charge in [-0.1, -0.05) is 30.1 Å². The number of ketones is 1. The van der Waals surface area contributed by atoms with Crippen LogP contribution in [0.15, 0.2) is 17.7 Å². The number of ether oxygens (including phenoxy) is 1. The molecular formula is C18H23Cl2NO2. The van der Waals surface area contributed by atoms with Gasteiger partial charge in [-0.05, 0) is 50.6 Å². The fourth-order valence-corrected chi connectivity index (χ4v) is 3.27. The number of halogens is 2. The van der Waals surface area contributed by atoms with E-state index in [9.17, 15) is 4.79 Å². The van der Waals surface area contributed by atoms with Crippen LogP contribution in [-0.2, 0) is 4.79 Å². The maximum Gasteiger partial charge on any atom is 0.161 e. The maximum absolute atomic E-state index is 12.1. The Morgan fingerprint density at radius 2 is 1.96 bits per heavy atom. The summed E-state index contributed by atoms with van der Waals surface area (Å²) < 4.78 is 5.63. The Morgan fingerprint density at radius 3 is 2.52 bits per heavy atom. The molecule has 1 saturated heterocycles. The standard InChI is InChI=1S/C18H23Cl2NO2/c1-4-6-21-7-5-17(22)14(11-21)8-13-9-15(19)18(16(20)10-13)23-12(2)3/h8-10,12H,4-7,11H2,1-3H3/b14-8+. The third-order valence-electron chi connectivity index (χ3n) is 3.66. The van der Waals surface area contributed by atoms with Crippen molar-refractivity contribution in [1.82, 2.24) is 4.90 Å². The second-order valence-electron chi connectivity index (χ2n) is 6.10. The Kier molecular flexibility index (Phi) is 6.51. The molecule has 126 valence electrons. The lowest BCUT2D eigenvalue weighted by Gasteiger charge is -2.27. The summed E-state index contributed by atoms with van der Waals surface area (Å²) in [6, 6.07) is 3.59. The van der Waals surface area contributed by atoms with Crippen molar-refractivity contribution in [3.8, 4) is 5.75 Å². The second kappa shape index (κ2) is 8.18. The van der Waals surface area contributed by atoms with Crippen LogP contribution in [0.25, 0.3) is 6.08 Å². The van der Waals surface area contributed by atoms with E-state index in [0.29, 0.717) is 28.8 Å². The van der Waals surface area contributed by atoms with E-state index in [-0.39, 0.29) is 11.9 Å².